The lowest BCUT2D eigenvalue weighted by Gasteiger charge is -2.05. The maximum absolute atomic E-state index is 6.45. The Balaban J connectivity index is 2.38. The van der Waals surface area contributed by atoms with Crippen LogP contribution in [0.15, 0.2) is 15.2 Å². The van der Waals surface area contributed by atoms with Gasteiger partial charge in [-0.25, -0.2) is 0 Å². The summed E-state index contributed by atoms with van der Waals surface area (Å²) in [6, 6.07) is 2.11. The van der Waals surface area contributed by atoms with Crippen molar-refractivity contribution in [3.63, 3.8) is 0 Å². The van der Waals surface area contributed by atoms with Crippen molar-refractivity contribution in [2.45, 2.75) is 19.2 Å². The maximum atomic E-state index is 6.45. The zero-order valence-corrected chi connectivity index (χ0v) is 13.4. The quantitative estimate of drug-likeness (QED) is 0.565. The molecule has 0 radical (unpaired) electrons. The van der Waals surface area contributed by atoms with Gasteiger partial charge in [-0.2, -0.15) is 0 Å². The summed E-state index contributed by atoms with van der Waals surface area (Å²) in [5, 5.41) is 2.70. The molecule has 2 heterocycles. The molecule has 0 saturated heterocycles. The van der Waals surface area contributed by atoms with Gasteiger partial charge in [-0.15, -0.1) is 34.3 Å². The average Bonchev–Trinajstić information content (AvgIpc) is 2.73. The van der Waals surface area contributed by atoms with Gasteiger partial charge in [0.25, 0.3) is 0 Å². The highest BCUT2D eigenvalue weighted by Gasteiger charge is 2.20. The molecule has 0 N–H and O–H groups in total. The molecule has 2 rings (SSSR count). The van der Waals surface area contributed by atoms with E-state index in [4.69, 9.17) is 23.2 Å². The van der Waals surface area contributed by atoms with Gasteiger partial charge in [0.2, 0.25) is 0 Å². The number of hydrogen-bond acceptors (Lipinski definition) is 2. The Morgan fingerprint density at radius 2 is 2.00 bits per heavy atom. The molecule has 16 heavy (non-hydrogen) atoms. The van der Waals surface area contributed by atoms with Crippen molar-refractivity contribution >= 4 is 61.8 Å². The Labute approximate surface area is 121 Å². The van der Waals surface area contributed by atoms with Crippen LogP contribution in [0.1, 0.15) is 26.3 Å². The standard InChI is InChI=1S/C11H9BrCl2S2/c1-5-3-7(16-11(5)12)9(14)10-8(13)6(2)4-15-10/h3-4,9H,1-2H3. The highest BCUT2D eigenvalue weighted by atomic mass is 79.9. The van der Waals surface area contributed by atoms with Gasteiger partial charge in [0.05, 0.1) is 8.81 Å². The molecular weight excluding hydrogens is 347 g/mol. The normalized spacial score (nSPS) is 13.1. The van der Waals surface area contributed by atoms with E-state index in [1.165, 1.54) is 5.56 Å². The van der Waals surface area contributed by atoms with Gasteiger partial charge in [0.1, 0.15) is 5.38 Å². The molecule has 5 heteroatoms. The van der Waals surface area contributed by atoms with Crippen LogP contribution in [-0.4, -0.2) is 0 Å². The molecule has 86 valence electrons. The van der Waals surface area contributed by atoms with Gasteiger partial charge in [-0.3, -0.25) is 0 Å². The number of alkyl halides is 1. The van der Waals surface area contributed by atoms with Crippen LogP contribution in [-0.2, 0) is 0 Å². The van der Waals surface area contributed by atoms with Crippen molar-refractivity contribution in [3.8, 4) is 0 Å². The van der Waals surface area contributed by atoms with E-state index in [1.807, 2.05) is 12.3 Å². The molecule has 0 aliphatic heterocycles. The predicted molar refractivity (Wildman–Crippen MR) is 78.5 cm³/mol. The second kappa shape index (κ2) is 4.99. The highest BCUT2D eigenvalue weighted by Crippen LogP contribution is 2.43. The Morgan fingerprint density at radius 1 is 1.31 bits per heavy atom. The first kappa shape index (κ1) is 12.9. The molecule has 1 atom stereocenters. The molecule has 0 bridgehead atoms. The Kier molecular flexibility index (Phi) is 4.02. The highest BCUT2D eigenvalue weighted by molar-refractivity contribution is 9.11. The first-order chi connectivity index (χ1) is 7.50. The van der Waals surface area contributed by atoms with E-state index in [0.29, 0.717) is 0 Å². The summed E-state index contributed by atoms with van der Waals surface area (Å²) in [5.41, 5.74) is 2.31. The molecule has 0 fully saturated rings. The van der Waals surface area contributed by atoms with Gasteiger partial charge in [-0.05, 0) is 52.4 Å². The molecule has 2 aromatic rings. The SMILES string of the molecule is Cc1cc(C(Cl)c2scc(C)c2Cl)sc1Br. The first-order valence-corrected chi connectivity index (χ1v) is 7.94. The van der Waals surface area contributed by atoms with Crippen molar-refractivity contribution in [1.82, 2.24) is 0 Å². The first-order valence-electron chi connectivity index (χ1n) is 4.64. The maximum Gasteiger partial charge on any atom is 0.103 e. The minimum Gasteiger partial charge on any atom is -0.145 e. The van der Waals surface area contributed by atoms with Gasteiger partial charge in [-0.1, -0.05) is 11.6 Å². The summed E-state index contributed by atoms with van der Waals surface area (Å²) in [6.07, 6.45) is 0. The zero-order chi connectivity index (χ0) is 11.9. The Bertz CT molecular complexity index is 497. The summed E-state index contributed by atoms with van der Waals surface area (Å²) in [6.45, 7) is 4.07. The van der Waals surface area contributed by atoms with Gasteiger partial charge in [0, 0.05) is 9.75 Å². The monoisotopic (exact) mass is 354 g/mol. The van der Waals surface area contributed by atoms with E-state index in [2.05, 4.69) is 28.9 Å². The number of thiophene rings is 2. The Morgan fingerprint density at radius 3 is 2.44 bits per heavy atom. The van der Waals surface area contributed by atoms with Crippen LogP contribution in [0.4, 0.5) is 0 Å². The van der Waals surface area contributed by atoms with Crippen LogP contribution in [0.5, 0.6) is 0 Å². The van der Waals surface area contributed by atoms with E-state index in [-0.39, 0.29) is 5.38 Å². The summed E-state index contributed by atoms with van der Waals surface area (Å²) in [7, 11) is 0. The third-order valence-electron chi connectivity index (χ3n) is 2.28. The zero-order valence-electron chi connectivity index (χ0n) is 8.68. The molecule has 0 spiro atoms. The van der Waals surface area contributed by atoms with Crippen molar-refractivity contribution in [2.24, 2.45) is 0 Å². The third kappa shape index (κ3) is 2.34. The molecule has 0 saturated carbocycles. The van der Waals surface area contributed by atoms with Gasteiger partial charge >= 0.3 is 0 Å². The van der Waals surface area contributed by atoms with Crippen LogP contribution in [0.3, 0.4) is 0 Å². The van der Waals surface area contributed by atoms with Crippen LogP contribution in [0, 0.1) is 13.8 Å². The third-order valence-corrected chi connectivity index (χ3v) is 6.97. The van der Waals surface area contributed by atoms with Gasteiger partial charge < -0.3 is 0 Å². The minimum absolute atomic E-state index is 0.138. The van der Waals surface area contributed by atoms with Crippen LogP contribution < -0.4 is 0 Å². The van der Waals surface area contributed by atoms with E-state index in [1.54, 1.807) is 22.7 Å². The lowest BCUT2D eigenvalue weighted by Crippen LogP contribution is -1.86. The van der Waals surface area contributed by atoms with E-state index in [0.717, 1.165) is 24.1 Å². The second-order valence-corrected chi connectivity index (χ2v) is 7.69. The van der Waals surface area contributed by atoms with Crippen LogP contribution in [0.25, 0.3) is 0 Å². The lowest BCUT2D eigenvalue weighted by molar-refractivity contribution is 1.23. The fourth-order valence-electron chi connectivity index (χ4n) is 1.36. The number of aryl methyl sites for hydroxylation is 2. The van der Waals surface area contributed by atoms with Crippen molar-refractivity contribution < 1.29 is 0 Å². The summed E-state index contributed by atoms with van der Waals surface area (Å²) in [4.78, 5) is 2.17. The van der Waals surface area contributed by atoms with Crippen molar-refractivity contribution in [3.05, 3.63) is 41.1 Å². The number of rotatable bonds is 2. The van der Waals surface area contributed by atoms with E-state index in [9.17, 15) is 0 Å². The molecular formula is C11H9BrCl2S2. The smallest absolute Gasteiger partial charge is 0.103 e. The van der Waals surface area contributed by atoms with Crippen LogP contribution >= 0.6 is 61.8 Å². The minimum atomic E-state index is -0.138. The lowest BCUT2D eigenvalue weighted by atomic mass is 10.2. The molecule has 0 aliphatic rings. The average molecular weight is 356 g/mol. The fourth-order valence-corrected chi connectivity index (χ4v) is 4.80. The predicted octanol–water partition coefficient (Wildman–Crippen LogP) is 6.17. The topological polar surface area (TPSA) is 0 Å². The molecule has 0 aliphatic carbocycles. The molecule has 1 unspecified atom stereocenters. The summed E-state index contributed by atoms with van der Waals surface area (Å²) >= 11 is 19.5. The van der Waals surface area contributed by atoms with Crippen LogP contribution in [0.2, 0.25) is 5.02 Å². The molecule has 2 aromatic heterocycles. The molecule has 0 aromatic carbocycles. The molecule has 0 nitrogen and oxygen atoms in total. The number of halogens is 3. The fraction of sp³-hybridized carbons (Fsp3) is 0.273. The van der Waals surface area contributed by atoms with E-state index >= 15 is 0 Å². The van der Waals surface area contributed by atoms with E-state index < -0.39 is 0 Å². The summed E-state index contributed by atoms with van der Waals surface area (Å²) < 4.78 is 1.14. The van der Waals surface area contributed by atoms with Crippen molar-refractivity contribution in [2.75, 3.05) is 0 Å². The van der Waals surface area contributed by atoms with Crippen molar-refractivity contribution in [1.29, 1.82) is 0 Å². The summed E-state index contributed by atoms with van der Waals surface area (Å²) in [5.74, 6) is 0. The Hall–Kier alpha value is 0.460. The molecule has 0 amide bonds. The largest absolute Gasteiger partial charge is 0.145 e. The second-order valence-electron chi connectivity index (χ2n) is 3.56. The number of hydrogen-bond donors (Lipinski definition) is 0. The van der Waals surface area contributed by atoms with Gasteiger partial charge in [0.15, 0.2) is 0 Å².